The smallest absolute Gasteiger partial charge is 0.410 e. The normalized spacial score (nSPS) is 19.3. The number of nitrogens with zero attached hydrogens (tertiary/aromatic N) is 1. The minimum atomic E-state index is -0.523. The van der Waals surface area contributed by atoms with Crippen molar-refractivity contribution in [2.45, 2.75) is 38.8 Å². The van der Waals surface area contributed by atoms with Gasteiger partial charge in [-0.15, -0.1) is 0 Å². The van der Waals surface area contributed by atoms with E-state index in [2.05, 4.69) is 5.32 Å². The molecule has 7 nitrogen and oxygen atoms in total. The Balaban J connectivity index is 1.55. The number of fused-ring (bicyclic) bond motifs is 1. The Bertz CT molecular complexity index is 653. The second-order valence-electron chi connectivity index (χ2n) is 6.95. The van der Waals surface area contributed by atoms with Crippen molar-refractivity contribution < 1.29 is 23.8 Å². The van der Waals surface area contributed by atoms with E-state index < -0.39 is 5.60 Å². The summed E-state index contributed by atoms with van der Waals surface area (Å²) >= 11 is 0. The van der Waals surface area contributed by atoms with Gasteiger partial charge in [-0.25, -0.2) is 4.79 Å². The number of rotatable bonds is 2. The Morgan fingerprint density at radius 3 is 2.75 bits per heavy atom. The third kappa shape index (κ3) is 3.72. The zero-order valence-corrected chi connectivity index (χ0v) is 14.1. The van der Waals surface area contributed by atoms with Crippen molar-refractivity contribution in [3.63, 3.8) is 0 Å². The van der Waals surface area contributed by atoms with Gasteiger partial charge in [0.25, 0.3) is 5.91 Å². The fraction of sp³-hybridized carbons (Fsp3) is 0.529. The van der Waals surface area contributed by atoms with Gasteiger partial charge >= 0.3 is 6.09 Å². The predicted molar refractivity (Wildman–Crippen MR) is 86.2 cm³/mol. The van der Waals surface area contributed by atoms with Crippen LogP contribution in [0.5, 0.6) is 11.5 Å². The molecule has 0 aromatic heterocycles. The van der Waals surface area contributed by atoms with E-state index in [0.717, 1.165) is 0 Å². The number of hydrogen-bond acceptors (Lipinski definition) is 5. The summed E-state index contributed by atoms with van der Waals surface area (Å²) in [4.78, 5) is 26.0. The lowest BCUT2D eigenvalue weighted by Crippen LogP contribution is -2.40. The molecule has 1 fully saturated rings. The lowest BCUT2D eigenvalue weighted by atomic mass is 10.1. The molecular weight excluding hydrogens is 312 g/mol. The maximum absolute atomic E-state index is 12.4. The highest BCUT2D eigenvalue weighted by atomic mass is 16.7. The number of benzene rings is 1. The van der Waals surface area contributed by atoms with E-state index in [4.69, 9.17) is 14.2 Å². The van der Waals surface area contributed by atoms with Crippen LogP contribution >= 0.6 is 0 Å². The van der Waals surface area contributed by atoms with Crippen LogP contribution in [0.1, 0.15) is 37.6 Å². The van der Waals surface area contributed by atoms with Crippen LogP contribution < -0.4 is 14.8 Å². The first-order valence-electron chi connectivity index (χ1n) is 8.00. The van der Waals surface area contributed by atoms with E-state index in [0.29, 0.717) is 36.6 Å². The zero-order chi connectivity index (χ0) is 17.3. The minimum Gasteiger partial charge on any atom is -0.454 e. The molecule has 1 N–H and O–H groups in total. The van der Waals surface area contributed by atoms with E-state index in [1.807, 2.05) is 20.8 Å². The Labute approximate surface area is 140 Å². The van der Waals surface area contributed by atoms with Gasteiger partial charge in [0, 0.05) is 24.7 Å². The number of carbonyl (C=O) groups excluding carboxylic acids is 2. The summed E-state index contributed by atoms with van der Waals surface area (Å²) in [5, 5.41) is 2.95. The van der Waals surface area contributed by atoms with E-state index in [-0.39, 0.29) is 24.8 Å². The topological polar surface area (TPSA) is 77.1 Å². The summed E-state index contributed by atoms with van der Waals surface area (Å²) in [6.45, 7) is 6.69. The Morgan fingerprint density at radius 2 is 2.00 bits per heavy atom. The second kappa shape index (κ2) is 6.22. The summed E-state index contributed by atoms with van der Waals surface area (Å²) in [6, 6.07) is 5.00. The van der Waals surface area contributed by atoms with Crippen molar-refractivity contribution in [3.8, 4) is 11.5 Å². The highest BCUT2D eigenvalue weighted by Gasteiger charge is 2.30. The van der Waals surface area contributed by atoms with Crippen molar-refractivity contribution in [2.75, 3.05) is 19.9 Å². The third-order valence-electron chi connectivity index (χ3n) is 3.81. The van der Waals surface area contributed by atoms with Crippen molar-refractivity contribution in [3.05, 3.63) is 23.8 Å². The van der Waals surface area contributed by atoms with Crippen LogP contribution in [0.2, 0.25) is 0 Å². The van der Waals surface area contributed by atoms with Crippen LogP contribution in [0.15, 0.2) is 18.2 Å². The largest absolute Gasteiger partial charge is 0.454 e. The molecule has 7 heteroatoms. The van der Waals surface area contributed by atoms with Gasteiger partial charge in [0.15, 0.2) is 11.5 Å². The number of nitrogens with one attached hydrogen (secondary N) is 1. The zero-order valence-electron chi connectivity index (χ0n) is 14.1. The summed E-state index contributed by atoms with van der Waals surface area (Å²) in [7, 11) is 0. The molecule has 0 unspecified atom stereocenters. The average molecular weight is 334 g/mol. The van der Waals surface area contributed by atoms with Gasteiger partial charge in [-0.2, -0.15) is 0 Å². The van der Waals surface area contributed by atoms with Gasteiger partial charge in [-0.1, -0.05) is 0 Å². The lowest BCUT2D eigenvalue weighted by molar-refractivity contribution is 0.0290. The van der Waals surface area contributed by atoms with Crippen LogP contribution in [-0.2, 0) is 4.74 Å². The summed E-state index contributed by atoms with van der Waals surface area (Å²) in [5.74, 6) is 1.03. The molecule has 24 heavy (non-hydrogen) atoms. The van der Waals surface area contributed by atoms with Crippen molar-refractivity contribution in [1.29, 1.82) is 0 Å². The van der Waals surface area contributed by atoms with Crippen molar-refractivity contribution >= 4 is 12.0 Å². The fourth-order valence-electron chi connectivity index (χ4n) is 2.68. The molecule has 2 aliphatic heterocycles. The van der Waals surface area contributed by atoms with Crippen LogP contribution in [0, 0.1) is 0 Å². The van der Waals surface area contributed by atoms with Gasteiger partial charge in [0.05, 0.1) is 0 Å². The molecule has 0 radical (unpaired) electrons. The molecule has 1 aromatic rings. The number of likely N-dealkylation sites (tertiary alicyclic amines) is 1. The van der Waals surface area contributed by atoms with E-state index in [1.54, 1.807) is 23.1 Å². The average Bonchev–Trinajstić information content (AvgIpc) is 3.13. The molecule has 1 atom stereocenters. The number of ether oxygens (including phenoxy) is 3. The van der Waals surface area contributed by atoms with Gasteiger partial charge in [-0.3, -0.25) is 4.79 Å². The monoisotopic (exact) mass is 334 g/mol. The van der Waals surface area contributed by atoms with Gasteiger partial charge < -0.3 is 24.4 Å². The number of carbonyl (C=O) groups is 2. The number of hydrogen-bond donors (Lipinski definition) is 1. The molecule has 1 aromatic carbocycles. The first-order valence-corrected chi connectivity index (χ1v) is 8.00. The van der Waals surface area contributed by atoms with Gasteiger partial charge in [-0.05, 0) is 45.4 Å². The van der Waals surface area contributed by atoms with Gasteiger partial charge in [0.2, 0.25) is 6.79 Å². The quantitative estimate of drug-likeness (QED) is 0.897. The summed E-state index contributed by atoms with van der Waals surface area (Å²) in [6.07, 6.45) is 0.359. The van der Waals surface area contributed by atoms with E-state index >= 15 is 0 Å². The molecule has 1 saturated heterocycles. The molecule has 2 heterocycles. The van der Waals surface area contributed by atoms with E-state index in [9.17, 15) is 9.59 Å². The molecule has 0 saturated carbocycles. The SMILES string of the molecule is CC(C)(C)OC(=O)N1CC[C@@H](NC(=O)c2ccc3c(c2)OCO3)C1. The van der Waals surface area contributed by atoms with Crippen LogP contribution in [0.4, 0.5) is 4.79 Å². The molecule has 0 spiro atoms. The molecule has 2 amide bonds. The standard InChI is InChI=1S/C17H22N2O5/c1-17(2,3)24-16(21)19-7-6-12(9-19)18-15(20)11-4-5-13-14(8-11)23-10-22-13/h4-5,8,12H,6-7,9-10H2,1-3H3,(H,18,20)/t12-/m1/s1. The molecule has 3 rings (SSSR count). The lowest BCUT2D eigenvalue weighted by Gasteiger charge is -2.24. The van der Waals surface area contributed by atoms with Gasteiger partial charge in [0.1, 0.15) is 5.60 Å². The maximum Gasteiger partial charge on any atom is 0.410 e. The third-order valence-corrected chi connectivity index (χ3v) is 3.81. The Morgan fingerprint density at radius 1 is 1.25 bits per heavy atom. The molecule has 2 aliphatic rings. The molecule has 0 bridgehead atoms. The van der Waals surface area contributed by atoms with Crippen molar-refractivity contribution in [2.24, 2.45) is 0 Å². The van der Waals surface area contributed by atoms with Crippen LogP contribution in [0.3, 0.4) is 0 Å². The van der Waals surface area contributed by atoms with Crippen LogP contribution in [0.25, 0.3) is 0 Å². The summed E-state index contributed by atoms with van der Waals surface area (Å²) < 4.78 is 15.9. The second-order valence-corrected chi connectivity index (χ2v) is 6.95. The highest BCUT2D eigenvalue weighted by Crippen LogP contribution is 2.32. The van der Waals surface area contributed by atoms with E-state index in [1.165, 1.54) is 0 Å². The Kier molecular flexibility index (Phi) is 4.26. The summed E-state index contributed by atoms with van der Waals surface area (Å²) in [5.41, 5.74) is -0.0137. The fourth-order valence-corrected chi connectivity index (χ4v) is 2.68. The molecule has 130 valence electrons. The predicted octanol–water partition coefficient (Wildman–Crippen LogP) is 2.15. The number of amides is 2. The molecule has 0 aliphatic carbocycles. The van der Waals surface area contributed by atoms with Crippen molar-refractivity contribution in [1.82, 2.24) is 10.2 Å². The Hall–Kier alpha value is -2.44. The highest BCUT2D eigenvalue weighted by molar-refractivity contribution is 5.95. The first kappa shape index (κ1) is 16.4. The van der Waals surface area contributed by atoms with Crippen LogP contribution in [-0.4, -0.2) is 48.4 Å². The molecular formula is C17H22N2O5. The first-order chi connectivity index (χ1) is 11.3. The maximum atomic E-state index is 12.4. The minimum absolute atomic E-state index is 0.0876.